The lowest BCUT2D eigenvalue weighted by Gasteiger charge is -2.20. The monoisotopic (exact) mass is 198 g/mol. The van der Waals surface area contributed by atoms with Crippen molar-refractivity contribution in [3.63, 3.8) is 0 Å². The molecule has 0 amide bonds. The van der Waals surface area contributed by atoms with Crippen molar-refractivity contribution < 1.29 is 14.3 Å². The number of carbonyl (C=O) groups excluding carboxylic acids is 2. The summed E-state index contributed by atoms with van der Waals surface area (Å²) in [7, 11) is 0. The molecule has 2 aliphatic rings. The highest BCUT2D eigenvalue weighted by Crippen LogP contribution is 2.45. The Morgan fingerprint density at radius 1 is 1.77 bits per heavy atom. The molecule has 1 aliphatic carbocycles. The Morgan fingerprint density at radius 3 is 3.15 bits per heavy atom. The molecule has 1 fully saturated rings. The predicted molar refractivity (Wildman–Crippen MR) is 49.4 cm³/mol. The van der Waals surface area contributed by atoms with Gasteiger partial charge in [-0.15, -0.1) is 11.8 Å². The van der Waals surface area contributed by atoms with Gasteiger partial charge in [-0.2, -0.15) is 0 Å². The molecule has 2 rings (SSSR count). The van der Waals surface area contributed by atoms with Crippen LogP contribution in [0.4, 0.5) is 0 Å². The Bertz CT molecular complexity index is 287. The van der Waals surface area contributed by atoms with Crippen LogP contribution < -0.4 is 0 Å². The molecule has 3 atom stereocenters. The van der Waals surface area contributed by atoms with E-state index in [-0.39, 0.29) is 18.0 Å². The molecule has 1 saturated heterocycles. The average Bonchev–Trinajstić information content (AvgIpc) is 2.64. The summed E-state index contributed by atoms with van der Waals surface area (Å²) in [4.78, 5) is 22.4. The van der Waals surface area contributed by atoms with E-state index in [1.54, 1.807) is 6.26 Å². The molecule has 0 N–H and O–H groups in total. The maximum absolute atomic E-state index is 11.5. The van der Waals surface area contributed by atoms with E-state index in [0.29, 0.717) is 0 Å². The third-order valence-corrected chi connectivity index (χ3v) is 3.98. The van der Waals surface area contributed by atoms with Gasteiger partial charge in [0.2, 0.25) is 0 Å². The molecule has 1 heterocycles. The van der Waals surface area contributed by atoms with Crippen LogP contribution in [0.2, 0.25) is 0 Å². The standard InChI is InChI=1S/C9H10O3S/c1-13-9(5-10)6-3-2-4-7(6)12-8(9)11/h2,4-7H,3H2,1H3/t6-,7+,9?/m1/s1. The van der Waals surface area contributed by atoms with Gasteiger partial charge >= 0.3 is 5.97 Å². The zero-order valence-electron chi connectivity index (χ0n) is 7.23. The van der Waals surface area contributed by atoms with Crippen LogP contribution in [0, 0.1) is 5.92 Å². The number of ether oxygens (including phenoxy) is 1. The summed E-state index contributed by atoms with van der Waals surface area (Å²) < 4.78 is 4.15. The zero-order valence-corrected chi connectivity index (χ0v) is 8.04. The van der Waals surface area contributed by atoms with Crippen LogP contribution in [0.15, 0.2) is 12.2 Å². The Labute approximate surface area is 80.5 Å². The summed E-state index contributed by atoms with van der Waals surface area (Å²) in [6.45, 7) is 0. The van der Waals surface area contributed by atoms with E-state index in [9.17, 15) is 9.59 Å². The van der Waals surface area contributed by atoms with E-state index in [1.165, 1.54) is 11.8 Å². The first-order valence-corrected chi connectivity index (χ1v) is 5.36. The van der Waals surface area contributed by atoms with Crippen molar-refractivity contribution in [3.05, 3.63) is 12.2 Å². The van der Waals surface area contributed by atoms with Gasteiger partial charge in [0, 0.05) is 5.92 Å². The average molecular weight is 198 g/mol. The summed E-state index contributed by atoms with van der Waals surface area (Å²) in [6, 6.07) is 0. The van der Waals surface area contributed by atoms with E-state index in [1.807, 2.05) is 12.2 Å². The van der Waals surface area contributed by atoms with Gasteiger partial charge in [-0.05, 0) is 18.8 Å². The second-order valence-corrected chi connectivity index (χ2v) is 4.34. The van der Waals surface area contributed by atoms with Crippen molar-refractivity contribution in [1.29, 1.82) is 0 Å². The highest BCUT2D eigenvalue weighted by atomic mass is 32.2. The molecule has 0 radical (unpaired) electrons. The van der Waals surface area contributed by atoms with Crippen LogP contribution in [0.25, 0.3) is 0 Å². The summed E-state index contributed by atoms with van der Waals surface area (Å²) >= 11 is 1.28. The van der Waals surface area contributed by atoms with E-state index < -0.39 is 4.75 Å². The molecule has 70 valence electrons. The minimum Gasteiger partial charge on any atom is -0.456 e. The first-order chi connectivity index (χ1) is 6.24. The normalized spacial score (nSPS) is 41.8. The van der Waals surface area contributed by atoms with Crippen LogP contribution in [0.3, 0.4) is 0 Å². The van der Waals surface area contributed by atoms with Crippen molar-refractivity contribution >= 4 is 24.0 Å². The van der Waals surface area contributed by atoms with Gasteiger partial charge in [0.15, 0.2) is 4.75 Å². The largest absolute Gasteiger partial charge is 0.456 e. The number of thioether (sulfide) groups is 1. The summed E-state index contributed by atoms with van der Waals surface area (Å²) in [5, 5.41) is 0. The lowest BCUT2D eigenvalue weighted by atomic mass is 9.92. The summed E-state index contributed by atoms with van der Waals surface area (Å²) in [5.41, 5.74) is 0. The van der Waals surface area contributed by atoms with Crippen LogP contribution in [0.1, 0.15) is 6.42 Å². The maximum atomic E-state index is 11.5. The van der Waals surface area contributed by atoms with Crippen molar-refractivity contribution in [1.82, 2.24) is 0 Å². The number of hydrogen-bond acceptors (Lipinski definition) is 4. The number of hydrogen-bond donors (Lipinski definition) is 0. The van der Waals surface area contributed by atoms with Gasteiger partial charge in [-0.1, -0.05) is 6.08 Å². The van der Waals surface area contributed by atoms with E-state index >= 15 is 0 Å². The van der Waals surface area contributed by atoms with Gasteiger partial charge in [0.05, 0.1) is 0 Å². The molecule has 0 aromatic heterocycles. The number of carbonyl (C=O) groups is 2. The second kappa shape index (κ2) is 2.87. The topological polar surface area (TPSA) is 43.4 Å². The van der Waals surface area contributed by atoms with Crippen molar-refractivity contribution in [2.45, 2.75) is 17.3 Å². The minimum absolute atomic E-state index is 0.00694. The van der Waals surface area contributed by atoms with Crippen molar-refractivity contribution in [2.75, 3.05) is 6.26 Å². The number of esters is 1. The zero-order chi connectivity index (χ0) is 9.47. The first-order valence-electron chi connectivity index (χ1n) is 4.14. The van der Waals surface area contributed by atoms with Gasteiger partial charge in [0.25, 0.3) is 0 Å². The van der Waals surface area contributed by atoms with Crippen molar-refractivity contribution in [3.8, 4) is 0 Å². The number of allylic oxidation sites excluding steroid dienone is 1. The van der Waals surface area contributed by atoms with Crippen LogP contribution in [0.5, 0.6) is 0 Å². The lowest BCUT2D eigenvalue weighted by molar-refractivity contribution is -0.142. The molecular formula is C9H10O3S. The highest BCUT2D eigenvalue weighted by molar-refractivity contribution is 8.01. The minimum atomic E-state index is -0.950. The Balaban J connectivity index is 2.37. The fourth-order valence-corrected chi connectivity index (χ4v) is 2.80. The number of aldehydes is 1. The molecule has 0 aromatic rings. The molecule has 0 spiro atoms. The molecule has 1 aliphatic heterocycles. The molecule has 0 bridgehead atoms. The second-order valence-electron chi connectivity index (χ2n) is 3.26. The quantitative estimate of drug-likeness (QED) is 0.285. The van der Waals surface area contributed by atoms with Crippen LogP contribution >= 0.6 is 11.8 Å². The molecule has 1 unspecified atom stereocenters. The summed E-state index contributed by atoms with van der Waals surface area (Å²) in [6.07, 6.45) is 6.93. The van der Waals surface area contributed by atoms with Gasteiger partial charge < -0.3 is 9.53 Å². The van der Waals surface area contributed by atoms with E-state index in [2.05, 4.69) is 0 Å². The molecular weight excluding hydrogens is 188 g/mol. The fourth-order valence-electron chi connectivity index (χ4n) is 1.95. The SMILES string of the molecule is CSC1(C=O)C(=O)O[C@H]2C=CC[C@H]21. The molecule has 0 aromatic carbocycles. The molecule has 13 heavy (non-hydrogen) atoms. The van der Waals surface area contributed by atoms with Gasteiger partial charge in [0.1, 0.15) is 12.4 Å². The third-order valence-electron chi connectivity index (χ3n) is 2.74. The summed E-state index contributed by atoms with van der Waals surface area (Å²) in [5.74, 6) is -0.373. The fraction of sp³-hybridized carbons (Fsp3) is 0.556. The Kier molecular flexibility index (Phi) is 1.95. The predicted octanol–water partition coefficient (Wildman–Crippen LogP) is 0.789. The number of rotatable bonds is 2. The van der Waals surface area contributed by atoms with Crippen LogP contribution in [-0.2, 0) is 14.3 Å². The van der Waals surface area contributed by atoms with Crippen molar-refractivity contribution in [2.24, 2.45) is 5.92 Å². The highest BCUT2D eigenvalue weighted by Gasteiger charge is 2.57. The van der Waals surface area contributed by atoms with E-state index in [0.717, 1.165) is 12.7 Å². The molecule has 4 heteroatoms. The first kappa shape index (κ1) is 8.81. The van der Waals surface area contributed by atoms with E-state index in [4.69, 9.17) is 4.74 Å². The maximum Gasteiger partial charge on any atom is 0.330 e. The number of fused-ring (bicyclic) bond motifs is 1. The van der Waals surface area contributed by atoms with Gasteiger partial charge in [-0.3, -0.25) is 4.79 Å². The van der Waals surface area contributed by atoms with Gasteiger partial charge in [-0.25, -0.2) is 0 Å². The lowest BCUT2D eigenvalue weighted by Crippen LogP contribution is -2.39. The smallest absolute Gasteiger partial charge is 0.330 e. The Morgan fingerprint density at radius 2 is 2.54 bits per heavy atom. The molecule has 0 saturated carbocycles. The Hall–Kier alpha value is -0.770. The van der Waals surface area contributed by atoms with Crippen LogP contribution in [-0.4, -0.2) is 29.4 Å². The third kappa shape index (κ3) is 0.981. The molecule has 3 nitrogen and oxygen atoms in total.